The first kappa shape index (κ1) is 19.0. The predicted molar refractivity (Wildman–Crippen MR) is 108 cm³/mol. The summed E-state index contributed by atoms with van der Waals surface area (Å²) in [5.41, 5.74) is 5.31. The fourth-order valence-corrected chi connectivity index (χ4v) is 2.80. The third-order valence-electron chi connectivity index (χ3n) is 3.44. The van der Waals surface area contributed by atoms with Crippen molar-refractivity contribution < 1.29 is 14.3 Å². The van der Waals surface area contributed by atoms with Crippen molar-refractivity contribution in [1.29, 1.82) is 0 Å². The smallest absolute Gasteiger partial charge is 0.259 e. The van der Waals surface area contributed by atoms with Gasteiger partial charge in [-0.15, -0.1) is 0 Å². The summed E-state index contributed by atoms with van der Waals surface area (Å²) < 4.78 is 11.6. The number of halogens is 1. The molecule has 0 aliphatic heterocycles. The van der Waals surface area contributed by atoms with E-state index in [1.54, 1.807) is 32.6 Å². The van der Waals surface area contributed by atoms with Gasteiger partial charge in [-0.25, -0.2) is 5.43 Å². The second kappa shape index (κ2) is 9.26. The van der Waals surface area contributed by atoms with Crippen molar-refractivity contribution in [3.05, 3.63) is 51.1 Å². The van der Waals surface area contributed by atoms with Crippen LogP contribution >= 0.6 is 22.6 Å². The van der Waals surface area contributed by atoms with Gasteiger partial charge in [0, 0.05) is 9.26 Å². The lowest BCUT2D eigenvalue weighted by Crippen LogP contribution is -2.26. The minimum atomic E-state index is -0.227. The van der Waals surface area contributed by atoms with Crippen LogP contribution in [0.15, 0.2) is 41.5 Å². The molecule has 6 nitrogen and oxygen atoms in total. The average molecular weight is 453 g/mol. The maximum absolute atomic E-state index is 11.9. The summed E-state index contributed by atoms with van der Waals surface area (Å²) >= 11 is 2.25. The molecule has 0 bridgehead atoms. The third kappa shape index (κ3) is 5.63. The lowest BCUT2D eigenvalue weighted by atomic mass is 10.2. The van der Waals surface area contributed by atoms with E-state index in [4.69, 9.17) is 9.47 Å². The van der Waals surface area contributed by atoms with Crippen LogP contribution in [0.1, 0.15) is 11.1 Å². The zero-order valence-corrected chi connectivity index (χ0v) is 16.5. The van der Waals surface area contributed by atoms with Gasteiger partial charge in [0.15, 0.2) is 11.5 Å². The molecule has 0 unspecified atom stereocenters. The molecule has 2 aromatic rings. The van der Waals surface area contributed by atoms with E-state index in [1.165, 1.54) is 0 Å². The van der Waals surface area contributed by atoms with Crippen molar-refractivity contribution in [2.24, 2.45) is 5.10 Å². The number of amides is 1. The van der Waals surface area contributed by atoms with Gasteiger partial charge in [0.1, 0.15) is 0 Å². The number of rotatable bonds is 7. The fraction of sp³-hybridized carbons (Fsp3) is 0.222. The Hall–Kier alpha value is -2.29. The molecule has 7 heteroatoms. The van der Waals surface area contributed by atoms with E-state index in [0.29, 0.717) is 11.5 Å². The highest BCUT2D eigenvalue weighted by molar-refractivity contribution is 14.1. The first-order chi connectivity index (χ1) is 12.0. The van der Waals surface area contributed by atoms with Crippen molar-refractivity contribution in [2.75, 3.05) is 26.1 Å². The molecule has 0 radical (unpaired) electrons. The van der Waals surface area contributed by atoms with Gasteiger partial charge in [-0.2, -0.15) is 5.10 Å². The third-order valence-corrected chi connectivity index (χ3v) is 4.11. The van der Waals surface area contributed by atoms with Crippen LogP contribution in [-0.4, -0.2) is 32.9 Å². The Morgan fingerprint density at radius 2 is 1.92 bits per heavy atom. The fourth-order valence-electron chi connectivity index (χ4n) is 2.15. The topological polar surface area (TPSA) is 72.0 Å². The van der Waals surface area contributed by atoms with Crippen LogP contribution in [0.2, 0.25) is 0 Å². The molecule has 25 heavy (non-hydrogen) atoms. The van der Waals surface area contributed by atoms with Crippen molar-refractivity contribution in [3.8, 4) is 11.5 Å². The summed E-state index contributed by atoms with van der Waals surface area (Å²) in [6.07, 6.45) is 1.55. The minimum absolute atomic E-state index is 0.144. The number of methoxy groups -OCH3 is 2. The Balaban J connectivity index is 1.88. The quantitative estimate of drug-likeness (QED) is 0.384. The molecular weight excluding hydrogens is 433 g/mol. The maximum atomic E-state index is 11.9. The Bertz CT molecular complexity index is 778. The lowest BCUT2D eigenvalue weighted by molar-refractivity contribution is -0.119. The van der Waals surface area contributed by atoms with Crippen molar-refractivity contribution in [1.82, 2.24) is 5.43 Å². The molecule has 0 spiro atoms. The number of anilines is 1. The zero-order chi connectivity index (χ0) is 18.2. The second-order valence-corrected chi connectivity index (χ2v) is 6.47. The maximum Gasteiger partial charge on any atom is 0.259 e. The van der Waals surface area contributed by atoms with Crippen LogP contribution in [0, 0.1) is 10.5 Å². The lowest BCUT2D eigenvalue weighted by Gasteiger charge is -2.09. The normalized spacial score (nSPS) is 10.6. The molecule has 1 amide bonds. The zero-order valence-electron chi connectivity index (χ0n) is 14.3. The number of ether oxygens (including phenoxy) is 2. The highest BCUT2D eigenvalue weighted by atomic mass is 127. The Kier molecular flexibility index (Phi) is 7.05. The molecule has 0 fully saturated rings. The molecule has 0 aliphatic rings. The molecule has 0 saturated heterocycles. The molecule has 0 saturated carbocycles. The van der Waals surface area contributed by atoms with Crippen LogP contribution in [0.5, 0.6) is 11.5 Å². The van der Waals surface area contributed by atoms with Gasteiger partial charge in [0.05, 0.1) is 27.0 Å². The standard InChI is InChI=1S/C18H20IN3O3/c1-12-8-14(19)5-6-15(12)20-11-18(23)22-21-10-13-4-7-16(24-2)17(9-13)25-3/h4-10,20H,11H2,1-3H3,(H,22,23)/b21-10+. The van der Waals surface area contributed by atoms with Gasteiger partial charge in [-0.3, -0.25) is 4.79 Å². The first-order valence-electron chi connectivity index (χ1n) is 7.57. The summed E-state index contributed by atoms with van der Waals surface area (Å²) in [4.78, 5) is 11.9. The SMILES string of the molecule is COc1ccc(/C=N/NC(=O)CNc2ccc(I)cc2C)cc1OC. The molecule has 2 N–H and O–H groups in total. The second-order valence-electron chi connectivity index (χ2n) is 5.22. The molecule has 0 atom stereocenters. The summed E-state index contributed by atoms with van der Waals surface area (Å²) in [6, 6.07) is 11.4. The van der Waals surface area contributed by atoms with Crippen LogP contribution in [-0.2, 0) is 4.79 Å². The van der Waals surface area contributed by atoms with Gasteiger partial charge in [-0.1, -0.05) is 0 Å². The van der Waals surface area contributed by atoms with Gasteiger partial charge in [-0.05, 0) is 77.0 Å². The highest BCUT2D eigenvalue weighted by Gasteiger charge is 2.04. The Morgan fingerprint density at radius 1 is 1.16 bits per heavy atom. The number of carbonyl (C=O) groups is 1. The largest absolute Gasteiger partial charge is 0.493 e. The van der Waals surface area contributed by atoms with E-state index in [0.717, 1.165) is 20.4 Å². The average Bonchev–Trinajstić information content (AvgIpc) is 2.60. The number of aryl methyl sites for hydroxylation is 1. The van der Waals surface area contributed by atoms with E-state index in [2.05, 4.69) is 44.5 Å². The van der Waals surface area contributed by atoms with Gasteiger partial charge >= 0.3 is 0 Å². The summed E-state index contributed by atoms with van der Waals surface area (Å²) in [7, 11) is 3.15. The van der Waals surface area contributed by atoms with Gasteiger partial charge in [0.25, 0.3) is 5.91 Å². The summed E-state index contributed by atoms with van der Waals surface area (Å²) in [5.74, 6) is 1.02. The van der Waals surface area contributed by atoms with Gasteiger partial charge in [0.2, 0.25) is 0 Å². The molecule has 0 heterocycles. The highest BCUT2D eigenvalue weighted by Crippen LogP contribution is 2.26. The number of benzene rings is 2. The first-order valence-corrected chi connectivity index (χ1v) is 8.65. The predicted octanol–water partition coefficient (Wildman–Crippen LogP) is 3.18. The van der Waals surface area contributed by atoms with Crippen LogP contribution in [0.4, 0.5) is 5.69 Å². The van der Waals surface area contributed by atoms with Crippen LogP contribution in [0.25, 0.3) is 0 Å². The van der Waals surface area contributed by atoms with Crippen molar-refractivity contribution >= 4 is 40.4 Å². The van der Waals surface area contributed by atoms with E-state index in [-0.39, 0.29) is 12.5 Å². The van der Waals surface area contributed by atoms with Crippen LogP contribution in [0.3, 0.4) is 0 Å². The van der Waals surface area contributed by atoms with Crippen molar-refractivity contribution in [2.45, 2.75) is 6.92 Å². The molecule has 0 aromatic heterocycles. The summed E-state index contributed by atoms with van der Waals surface area (Å²) in [6.45, 7) is 2.14. The van der Waals surface area contributed by atoms with Crippen LogP contribution < -0.4 is 20.2 Å². The Labute approximate surface area is 160 Å². The van der Waals surface area contributed by atoms with E-state index >= 15 is 0 Å². The molecule has 2 rings (SSSR count). The number of carbonyl (C=O) groups excluding carboxylic acids is 1. The van der Waals surface area contributed by atoms with Crippen molar-refractivity contribution in [3.63, 3.8) is 0 Å². The van der Waals surface area contributed by atoms with E-state index in [9.17, 15) is 4.79 Å². The number of hydrazone groups is 1. The van der Waals surface area contributed by atoms with E-state index < -0.39 is 0 Å². The number of nitrogens with one attached hydrogen (secondary N) is 2. The monoisotopic (exact) mass is 453 g/mol. The molecule has 0 aliphatic carbocycles. The van der Waals surface area contributed by atoms with Gasteiger partial charge < -0.3 is 14.8 Å². The summed E-state index contributed by atoms with van der Waals surface area (Å²) in [5, 5.41) is 7.06. The minimum Gasteiger partial charge on any atom is -0.493 e. The molecule has 132 valence electrons. The molecular formula is C18H20IN3O3. The van der Waals surface area contributed by atoms with E-state index in [1.807, 2.05) is 25.1 Å². The number of hydrogen-bond acceptors (Lipinski definition) is 5. The molecule has 2 aromatic carbocycles. The number of nitrogens with zero attached hydrogens (tertiary/aromatic N) is 1. The number of hydrogen-bond donors (Lipinski definition) is 2. The Morgan fingerprint density at radius 3 is 2.60 bits per heavy atom.